The van der Waals surface area contributed by atoms with Gasteiger partial charge in [-0.25, -0.2) is 0 Å². The maximum Gasteiger partial charge on any atom is 0.228 e. The summed E-state index contributed by atoms with van der Waals surface area (Å²) in [5.74, 6) is -1.84. The number of aliphatic carboxylic acids is 1. The average Bonchev–Trinajstić information content (AvgIpc) is 2.61. The molecular weight excluding hydrogens is 318 g/mol. The summed E-state index contributed by atoms with van der Waals surface area (Å²) in [7, 11) is 0. The first-order valence-electron chi connectivity index (χ1n) is 8.29. The molecule has 1 N–H and O–H groups in total. The summed E-state index contributed by atoms with van der Waals surface area (Å²) in [6.07, 6.45) is -0.334. The monoisotopic (exact) mass is 340 g/mol. The molecule has 0 unspecified atom stereocenters. The largest absolute Gasteiger partial charge is 0.550 e. The number of ether oxygens (including phenoxy) is 1. The fourth-order valence-corrected chi connectivity index (χ4v) is 2.70. The number of nitrogens with one attached hydrogen (secondary N) is 1. The third-order valence-electron chi connectivity index (χ3n) is 4.09. The molecule has 0 aliphatic rings. The summed E-state index contributed by atoms with van der Waals surface area (Å²) in [6.45, 7) is 4.31. The summed E-state index contributed by atoms with van der Waals surface area (Å²) >= 11 is 0. The molecule has 0 bridgehead atoms. The molecule has 2 aromatic carbocycles. The Morgan fingerprint density at radius 3 is 2.28 bits per heavy atom. The van der Waals surface area contributed by atoms with E-state index in [1.165, 1.54) is 0 Å². The SMILES string of the molecule is CCOc1ccc(NC(=O)[C@H](CC(=O)[O-])[C@H](C)c2ccccc2)cc1. The predicted octanol–water partition coefficient (Wildman–Crippen LogP) is 2.58. The van der Waals surface area contributed by atoms with Crippen LogP contribution in [0.15, 0.2) is 54.6 Å². The highest BCUT2D eigenvalue weighted by Crippen LogP contribution is 2.28. The van der Waals surface area contributed by atoms with Crippen molar-refractivity contribution in [3.05, 3.63) is 60.2 Å². The zero-order chi connectivity index (χ0) is 18.2. The minimum Gasteiger partial charge on any atom is -0.550 e. The minimum absolute atomic E-state index is 0.248. The molecule has 2 aromatic rings. The Bertz CT molecular complexity index is 697. The first-order valence-corrected chi connectivity index (χ1v) is 8.29. The lowest BCUT2D eigenvalue weighted by Crippen LogP contribution is -2.34. The molecule has 2 rings (SSSR count). The van der Waals surface area contributed by atoms with Crippen molar-refractivity contribution in [2.24, 2.45) is 5.92 Å². The van der Waals surface area contributed by atoms with Gasteiger partial charge in [-0.3, -0.25) is 4.79 Å². The normalized spacial score (nSPS) is 12.9. The Kier molecular flexibility index (Phi) is 6.57. The molecule has 0 aromatic heterocycles. The van der Waals surface area contributed by atoms with Gasteiger partial charge in [-0.1, -0.05) is 37.3 Å². The van der Waals surface area contributed by atoms with Crippen LogP contribution in [0.4, 0.5) is 5.69 Å². The van der Waals surface area contributed by atoms with E-state index in [1.54, 1.807) is 24.3 Å². The van der Waals surface area contributed by atoms with Gasteiger partial charge in [0.1, 0.15) is 5.75 Å². The van der Waals surface area contributed by atoms with Crippen LogP contribution in [0, 0.1) is 5.92 Å². The van der Waals surface area contributed by atoms with E-state index >= 15 is 0 Å². The summed E-state index contributed by atoms with van der Waals surface area (Å²) in [5, 5.41) is 13.9. The number of carbonyl (C=O) groups is 2. The van der Waals surface area contributed by atoms with Crippen LogP contribution in [-0.4, -0.2) is 18.5 Å². The van der Waals surface area contributed by atoms with E-state index in [-0.39, 0.29) is 18.2 Å². The van der Waals surface area contributed by atoms with Gasteiger partial charge < -0.3 is 20.0 Å². The molecule has 0 aliphatic carbocycles. The number of carboxylic acids is 1. The Balaban J connectivity index is 2.13. The van der Waals surface area contributed by atoms with E-state index in [4.69, 9.17) is 4.74 Å². The molecule has 0 saturated heterocycles. The Morgan fingerprint density at radius 1 is 1.08 bits per heavy atom. The van der Waals surface area contributed by atoms with E-state index in [2.05, 4.69) is 5.32 Å². The van der Waals surface area contributed by atoms with Crippen molar-refractivity contribution >= 4 is 17.6 Å². The van der Waals surface area contributed by atoms with Crippen LogP contribution >= 0.6 is 0 Å². The highest BCUT2D eigenvalue weighted by molar-refractivity contribution is 5.94. The lowest BCUT2D eigenvalue weighted by Gasteiger charge is -2.24. The predicted molar refractivity (Wildman–Crippen MR) is 94.2 cm³/mol. The standard InChI is InChI=1S/C20H23NO4/c1-3-25-17-11-9-16(10-12-17)21-20(24)18(13-19(22)23)14(2)15-7-5-4-6-8-15/h4-12,14,18H,3,13H2,1-2H3,(H,21,24)(H,22,23)/p-1/t14-,18-/m1/s1. The highest BCUT2D eigenvalue weighted by Gasteiger charge is 2.26. The maximum atomic E-state index is 12.6. The van der Waals surface area contributed by atoms with Gasteiger partial charge in [0, 0.05) is 11.7 Å². The quantitative estimate of drug-likeness (QED) is 0.801. The molecule has 0 radical (unpaired) electrons. The lowest BCUT2D eigenvalue weighted by molar-refractivity contribution is -0.306. The van der Waals surface area contributed by atoms with Crippen LogP contribution in [0.3, 0.4) is 0 Å². The second-order valence-electron chi connectivity index (χ2n) is 5.83. The number of carbonyl (C=O) groups excluding carboxylic acids is 2. The van der Waals surface area contributed by atoms with Crippen molar-refractivity contribution in [1.82, 2.24) is 0 Å². The van der Waals surface area contributed by atoms with Crippen molar-refractivity contribution in [3.63, 3.8) is 0 Å². The van der Waals surface area contributed by atoms with Crippen molar-refractivity contribution in [2.75, 3.05) is 11.9 Å². The van der Waals surface area contributed by atoms with Crippen molar-refractivity contribution in [3.8, 4) is 5.75 Å². The molecule has 25 heavy (non-hydrogen) atoms. The minimum atomic E-state index is -1.24. The molecule has 0 aliphatic heterocycles. The van der Waals surface area contributed by atoms with E-state index < -0.39 is 11.9 Å². The molecular formula is C20H22NO4-. The summed E-state index contributed by atoms with van der Waals surface area (Å²) in [4.78, 5) is 23.8. The lowest BCUT2D eigenvalue weighted by atomic mass is 9.84. The fourth-order valence-electron chi connectivity index (χ4n) is 2.70. The third-order valence-corrected chi connectivity index (χ3v) is 4.09. The summed E-state index contributed by atoms with van der Waals surface area (Å²) in [5.41, 5.74) is 1.51. The molecule has 132 valence electrons. The van der Waals surface area contributed by atoms with Crippen molar-refractivity contribution in [1.29, 1.82) is 0 Å². The molecule has 5 nitrogen and oxygen atoms in total. The number of rotatable bonds is 8. The van der Waals surface area contributed by atoms with E-state index in [0.29, 0.717) is 18.0 Å². The van der Waals surface area contributed by atoms with Gasteiger partial charge in [-0.2, -0.15) is 0 Å². The molecule has 5 heteroatoms. The topological polar surface area (TPSA) is 78.5 Å². The van der Waals surface area contributed by atoms with Crippen LogP contribution < -0.4 is 15.2 Å². The van der Waals surface area contributed by atoms with Gasteiger partial charge in [0.15, 0.2) is 0 Å². The smallest absolute Gasteiger partial charge is 0.228 e. The Morgan fingerprint density at radius 2 is 1.72 bits per heavy atom. The molecule has 0 spiro atoms. The van der Waals surface area contributed by atoms with Crippen LogP contribution in [0.5, 0.6) is 5.75 Å². The van der Waals surface area contributed by atoms with Gasteiger partial charge in [0.25, 0.3) is 0 Å². The zero-order valence-electron chi connectivity index (χ0n) is 14.4. The number of amides is 1. The van der Waals surface area contributed by atoms with Gasteiger partial charge in [-0.05, 0) is 49.1 Å². The first-order chi connectivity index (χ1) is 12.0. The van der Waals surface area contributed by atoms with Crippen LogP contribution in [0.2, 0.25) is 0 Å². The van der Waals surface area contributed by atoms with Crippen LogP contribution in [0.25, 0.3) is 0 Å². The van der Waals surface area contributed by atoms with Gasteiger partial charge >= 0.3 is 0 Å². The number of hydrogen-bond acceptors (Lipinski definition) is 4. The van der Waals surface area contributed by atoms with Gasteiger partial charge in [-0.15, -0.1) is 0 Å². The van der Waals surface area contributed by atoms with Crippen molar-refractivity contribution in [2.45, 2.75) is 26.2 Å². The van der Waals surface area contributed by atoms with Crippen LogP contribution in [-0.2, 0) is 9.59 Å². The van der Waals surface area contributed by atoms with E-state index in [1.807, 2.05) is 44.2 Å². The third kappa shape index (κ3) is 5.35. The number of anilines is 1. The molecule has 2 atom stereocenters. The summed E-state index contributed by atoms with van der Waals surface area (Å²) in [6, 6.07) is 16.4. The van der Waals surface area contributed by atoms with Gasteiger partial charge in [0.2, 0.25) is 5.91 Å². The highest BCUT2D eigenvalue weighted by atomic mass is 16.5. The van der Waals surface area contributed by atoms with Gasteiger partial charge in [0.05, 0.1) is 12.5 Å². The summed E-state index contributed by atoms with van der Waals surface area (Å²) < 4.78 is 5.36. The number of carboxylic acid groups (broad SMARTS) is 1. The zero-order valence-corrected chi connectivity index (χ0v) is 14.4. The molecule has 0 fully saturated rings. The second kappa shape index (κ2) is 8.87. The molecule has 0 heterocycles. The van der Waals surface area contributed by atoms with Crippen molar-refractivity contribution < 1.29 is 19.4 Å². The first kappa shape index (κ1) is 18.5. The van der Waals surface area contributed by atoms with E-state index in [0.717, 1.165) is 5.56 Å². The fraction of sp³-hybridized carbons (Fsp3) is 0.300. The van der Waals surface area contributed by atoms with E-state index in [9.17, 15) is 14.7 Å². The molecule has 0 saturated carbocycles. The Hall–Kier alpha value is -2.82. The number of benzene rings is 2. The number of hydrogen-bond donors (Lipinski definition) is 1. The van der Waals surface area contributed by atoms with Crippen LogP contribution in [0.1, 0.15) is 31.7 Å². The average molecular weight is 340 g/mol. The molecule has 1 amide bonds. The second-order valence-corrected chi connectivity index (χ2v) is 5.83. The maximum absolute atomic E-state index is 12.6. The Labute approximate surface area is 147 Å².